The van der Waals surface area contributed by atoms with Crippen molar-refractivity contribution in [2.45, 2.75) is 17.3 Å². The van der Waals surface area contributed by atoms with Gasteiger partial charge in [-0.15, -0.1) is 10.2 Å². The molecule has 0 saturated heterocycles. The zero-order valence-electron chi connectivity index (χ0n) is 14.6. The minimum absolute atomic E-state index is 0.00145. The molecule has 3 rings (SSSR count). The third-order valence-corrected chi connectivity index (χ3v) is 4.82. The molecule has 9 heteroatoms. The zero-order valence-corrected chi connectivity index (χ0v) is 15.4. The number of non-ortho nitro benzene ring substituents is 1. The molecular weight excluding hydrogens is 368 g/mol. The van der Waals surface area contributed by atoms with Crippen LogP contribution in [0.5, 0.6) is 0 Å². The average molecular weight is 384 g/mol. The van der Waals surface area contributed by atoms with E-state index in [0.717, 1.165) is 5.69 Å². The number of nitro benzene ring substituents is 1. The van der Waals surface area contributed by atoms with Crippen molar-refractivity contribution in [3.05, 3.63) is 64.7 Å². The predicted molar refractivity (Wildman–Crippen MR) is 101 cm³/mol. The number of para-hydroxylation sites is 1. The maximum atomic E-state index is 11.8. The summed E-state index contributed by atoms with van der Waals surface area (Å²) in [6.45, 7) is 1.73. The van der Waals surface area contributed by atoms with Crippen LogP contribution >= 0.6 is 11.8 Å². The number of carbonyl (C=O) groups excluding carboxylic acids is 1. The SMILES string of the molecule is COC(=O)[C@@H](C)Sc1nnc(-c2ccc([N+](=O)[O-])cc2)n1-c1ccccc1. The number of benzene rings is 2. The van der Waals surface area contributed by atoms with E-state index in [1.807, 2.05) is 34.9 Å². The molecule has 8 nitrogen and oxygen atoms in total. The number of hydrogen-bond acceptors (Lipinski definition) is 7. The van der Waals surface area contributed by atoms with Gasteiger partial charge in [0.15, 0.2) is 11.0 Å². The Labute approximate surface area is 159 Å². The molecule has 0 aliphatic carbocycles. The van der Waals surface area contributed by atoms with Gasteiger partial charge in [-0.3, -0.25) is 19.5 Å². The van der Waals surface area contributed by atoms with Crippen LogP contribution < -0.4 is 0 Å². The molecule has 0 saturated carbocycles. The van der Waals surface area contributed by atoms with Crippen molar-refractivity contribution in [3.8, 4) is 17.1 Å². The topological polar surface area (TPSA) is 100 Å². The van der Waals surface area contributed by atoms with Gasteiger partial charge in [0.2, 0.25) is 0 Å². The van der Waals surface area contributed by atoms with E-state index in [0.29, 0.717) is 16.5 Å². The third kappa shape index (κ3) is 3.98. The zero-order chi connectivity index (χ0) is 19.4. The highest BCUT2D eigenvalue weighted by Gasteiger charge is 2.22. The summed E-state index contributed by atoms with van der Waals surface area (Å²) in [5, 5.41) is 19.4. The molecule has 3 aromatic rings. The monoisotopic (exact) mass is 384 g/mol. The molecule has 138 valence electrons. The number of nitrogens with zero attached hydrogens (tertiary/aromatic N) is 4. The fourth-order valence-electron chi connectivity index (χ4n) is 2.45. The van der Waals surface area contributed by atoms with E-state index in [2.05, 4.69) is 10.2 Å². The van der Waals surface area contributed by atoms with Crippen LogP contribution in [0, 0.1) is 10.1 Å². The quantitative estimate of drug-likeness (QED) is 0.277. The molecule has 0 N–H and O–H groups in total. The van der Waals surface area contributed by atoms with Crippen LogP contribution in [0.2, 0.25) is 0 Å². The number of carbonyl (C=O) groups is 1. The molecule has 2 aromatic carbocycles. The first-order valence-corrected chi connectivity index (χ1v) is 8.89. The van der Waals surface area contributed by atoms with Crippen LogP contribution in [0.4, 0.5) is 5.69 Å². The van der Waals surface area contributed by atoms with Gasteiger partial charge in [-0.2, -0.15) is 0 Å². The van der Waals surface area contributed by atoms with Crippen molar-refractivity contribution in [3.63, 3.8) is 0 Å². The highest BCUT2D eigenvalue weighted by molar-refractivity contribution is 8.00. The Balaban J connectivity index is 2.06. The molecule has 0 unspecified atom stereocenters. The number of rotatable bonds is 6. The Morgan fingerprint density at radius 2 is 1.81 bits per heavy atom. The number of methoxy groups -OCH3 is 1. The van der Waals surface area contributed by atoms with Gasteiger partial charge in [0.05, 0.1) is 12.0 Å². The Hall–Kier alpha value is -3.20. The van der Waals surface area contributed by atoms with E-state index >= 15 is 0 Å². The molecule has 0 spiro atoms. The molecule has 0 fully saturated rings. The molecule has 0 radical (unpaired) electrons. The fraction of sp³-hybridized carbons (Fsp3) is 0.167. The van der Waals surface area contributed by atoms with Crippen molar-refractivity contribution in [2.24, 2.45) is 0 Å². The summed E-state index contributed by atoms with van der Waals surface area (Å²) in [5.41, 5.74) is 1.49. The lowest BCUT2D eigenvalue weighted by molar-refractivity contribution is -0.384. The summed E-state index contributed by atoms with van der Waals surface area (Å²) in [4.78, 5) is 22.2. The summed E-state index contributed by atoms with van der Waals surface area (Å²) in [7, 11) is 1.34. The standard InChI is InChI=1S/C18H16N4O4S/c1-12(17(23)26-2)27-18-20-19-16(21(18)14-6-4-3-5-7-14)13-8-10-15(11-9-13)22(24)25/h3-12H,1-2H3/t12-/m1/s1. The number of ether oxygens (including phenoxy) is 1. The summed E-state index contributed by atoms with van der Waals surface area (Å²) >= 11 is 1.23. The minimum Gasteiger partial charge on any atom is -0.468 e. The second-order valence-corrected chi connectivity index (χ2v) is 6.87. The highest BCUT2D eigenvalue weighted by atomic mass is 32.2. The smallest absolute Gasteiger partial charge is 0.318 e. The molecular formula is C18H16N4O4S. The third-order valence-electron chi connectivity index (χ3n) is 3.80. The van der Waals surface area contributed by atoms with Gasteiger partial charge in [0.25, 0.3) is 5.69 Å². The second kappa shape index (κ2) is 8.00. The van der Waals surface area contributed by atoms with Gasteiger partial charge in [-0.25, -0.2) is 0 Å². The Morgan fingerprint density at radius 1 is 1.15 bits per heavy atom. The van der Waals surface area contributed by atoms with Crippen LogP contribution in [-0.2, 0) is 9.53 Å². The van der Waals surface area contributed by atoms with E-state index < -0.39 is 10.2 Å². The summed E-state index contributed by atoms with van der Waals surface area (Å²) in [6, 6.07) is 15.5. The average Bonchev–Trinajstić information content (AvgIpc) is 3.11. The highest BCUT2D eigenvalue weighted by Crippen LogP contribution is 2.31. The maximum Gasteiger partial charge on any atom is 0.318 e. The largest absolute Gasteiger partial charge is 0.468 e. The van der Waals surface area contributed by atoms with Gasteiger partial charge in [0, 0.05) is 23.4 Å². The van der Waals surface area contributed by atoms with Crippen LogP contribution in [0.1, 0.15) is 6.92 Å². The summed E-state index contributed by atoms with van der Waals surface area (Å²) < 4.78 is 6.59. The van der Waals surface area contributed by atoms with Gasteiger partial charge in [-0.05, 0) is 31.2 Å². The molecule has 1 atom stereocenters. The Bertz CT molecular complexity index is 957. The van der Waals surface area contributed by atoms with E-state index in [-0.39, 0.29) is 11.7 Å². The number of esters is 1. The van der Waals surface area contributed by atoms with Crippen molar-refractivity contribution in [2.75, 3.05) is 7.11 Å². The van der Waals surface area contributed by atoms with Crippen molar-refractivity contribution >= 4 is 23.4 Å². The lowest BCUT2D eigenvalue weighted by Gasteiger charge is -2.12. The number of hydrogen-bond donors (Lipinski definition) is 0. The van der Waals surface area contributed by atoms with Gasteiger partial charge < -0.3 is 4.74 Å². The van der Waals surface area contributed by atoms with Crippen LogP contribution in [0.3, 0.4) is 0 Å². The number of thioether (sulfide) groups is 1. The minimum atomic E-state index is -0.466. The van der Waals surface area contributed by atoms with Crippen LogP contribution in [-0.4, -0.2) is 38.0 Å². The van der Waals surface area contributed by atoms with Crippen LogP contribution in [0.15, 0.2) is 59.8 Å². The normalized spacial score (nSPS) is 11.8. The second-order valence-electron chi connectivity index (χ2n) is 5.56. The molecule has 27 heavy (non-hydrogen) atoms. The molecule has 0 aliphatic rings. The van der Waals surface area contributed by atoms with E-state index in [1.165, 1.54) is 31.0 Å². The summed E-state index contributed by atoms with van der Waals surface area (Å²) in [6.07, 6.45) is 0. The molecule has 0 amide bonds. The van der Waals surface area contributed by atoms with E-state index in [1.54, 1.807) is 19.1 Å². The molecule has 1 heterocycles. The van der Waals surface area contributed by atoms with Crippen molar-refractivity contribution in [1.82, 2.24) is 14.8 Å². The van der Waals surface area contributed by atoms with Crippen molar-refractivity contribution < 1.29 is 14.5 Å². The first kappa shape index (κ1) is 18.6. The Kier molecular flexibility index (Phi) is 5.51. The van der Waals surface area contributed by atoms with E-state index in [4.69, 9.17) is 4.74 Å². The Morgan fingerprint density at radius 3 is 2.41 bits per heavy atom. The first-order valence-electron chi connectivity index (χ1n) is 8.01. The lowest BCUT2D eigenvalue weighted by atomic mass is 10.2. The summed E-state index contributed by atoms with van der Waals surface area (Å²) in [5.74, 6) is 0.162. The molecule has 1 aromatic heterocycles. The fourth-order valence-corrected chi connectivity index (χ4v) is 3.34. The van der Waals surface area contributed by atoms with Crippen molar-refractivity contribution in [1.29, 1.82) is 0 Å². The number of aromatic nitrogens is 3. The predicted octanol–water partition coefficient (Wildman–Crippen LogP) is 3.50. The lowest BCUT2D eigenvalue weighted by Crippen LogP contribution is -2.15. The van der Waals surface area contributed by atoms with Gasteiger partial charge in [0.1, 0.15) is 5.25 Å². The first-order chi connectivity index (χ1) is 13.0. The number of nitro groups is 1. The maximum absolute atomic E-state index is 11.8. The van der Waals surface area contributed by atoms with E-state index in [9.17, 15) is 14.9 Å². The van der Waals surface area contributed by atoms with Gasteiger partial charge >= 0.3 is 5.97 Å². The van der Waals surface area contributed by atoms with Gasteiger partial charge in [-0.1, -0.05) is 30.0 Å². The molecule has 0 aliphatic heterocycles. The molecule has 0 bridgehead atoms. The van der Waals surface area contributed by atoms with Crippen LogP contribution in [0.25, 0.3) is 17.1 Å².